The Morgan fingerprint density at radius 3 is 3.04 bits per heavy atom. The highest BCUT2D eigenvalue weighted by molar-refractivity contribution is 6.32. The Kier molecular flexibility index (Phi) is 4.54. The Balaban J connectivity index is 1.88. The lowest BCUT2D eigenvalue weighted by molar-refractivity contribution is -0.121. The van der Waals surface area contributed by atoms with Crippen LogP contribution >= 0.6 is 11.6 Å². The van der Waals surface area contributed by atoms with Crippen molar-refractivity contribution in [2.45, 2.75) is 13.0 Å². The third kappa shape index (κ3) is 3.18. The van der Waals surface area contributed by atoms with Gasteiger partial charge in [0.15, 0.2) is 0 Å². The fourth-order valence-corrected chi connectivity index (χ4v) is 3.11. The highest BCUT2D eigenvalue weighted by Gasteiger charge is 2.24. The number of fused-ring (bicyclic) bond motifs is 1. The van der Waals surface area contributed by atoms with Crippen molar-refractivity contribution < 1.29 is 9.53 Å². The summed E-state index contributed by atoms with van der Waals surface area (Å²) in [5, 5.41) is 0.696. The Hall–Kier alpha value is -2.05. The number of aromatic nitrogens is 2. The third-order valence-corrected chi connectivity index (χ3v) is 4.41. The molecule has 1 N–H and O–H groups in total. The molecule has 3 rings (SSSR count). The summed E-state index contributed by atoms with van der Waals surface area (Å²) in [5.74, 6) is -0.110. The normalized spacial score (nSPS) is 13.3. The zero-order valence-corrected chi connectivity index (χ0v) is 13.9. The van der Waals surface area contributed by atoms with Crippen molar-refractivity contribution in [2.75, 3.05) is 37.1 Å². The number of carbonyl (C=O) groups excluding carboxylic acids is 1. The number of aromatic amines is 1. The molecule has 0 saturated carbocycles. The summed E-state index contributed by atoms with van der Waals surface area (Å²) in [6.45, 7) is 1.68. The number of H-pyrrole nitrogens is 1. The van der Waals surface area contributed by atoms with Crippen molar-refractivity contribution in [1.29, 1.82) is 0 Å². The molecule has 1 aliphatic heterocycles. The number of hydrogen-bond donors (Lipinski definition) is 1. The van der Waals surface area contributed by atoms with E-state index in [0.717, 1.165) is 42.1 Å². The molecule has 0 atom stereocenters. The van der Waals surface area contributed by atoms with Crippen LogP contribution in [0, 0.1) is 0 Å². The summed E-state index contributed by atoms with van der Waals surface area (Å²) in [6.07, 6.45) is 4.39. The molecular formula is C16H19ClN4O2. The number of ether oxygens (including phenoxy) is 1. The van der Waals surface area contributed by atoms with Crippen molar-refractivity contribution >= 4 is 28.9 Å². The van der Waals surface area contributed by atoms with Crippen LogP contribution in [0.3, 0.4) is 0 Å². The monoisotopic (exact) mass is 334 g/mol. The van der Waals surface area contributed by atoms with Crippen LogP contribution in [0.25, 0.3) is 0 Å². The predicted octanol–water partition coefficient (Wildman–Crippen LogP) is 2.24. The van der Waals surface area contributed by atoms with Crippen molar-refractivity contribution in [3.8, 4) is 0 Å². The number of rotatable bonds is 5. The molecule has 0 aliphatic carbocycles. The number of benzene rings is 1. The number of halogens is 1. The number of anilines is 2. The number of nitrogens with one attached hydrogen (secondary N) is 1. The molecule has 1 aromatic heterocycles. The maximum atomic E-state index is 12.0. The molecule has 2 heterocycles. The summed E-state index contributed by atoms with van der Waals surface area (Å²) in [6, 6.07) is 3.85. The first-order valence-corrected chi connectivity index (χ1v) is 7.78. The topological polar surface area (TPSA) is 61.5 Å². The fraction of sp³-hybridized carbons (Fsp3) is 0.375. The van der Waals surface area contributed by atoms with E-state index < -0.39 is 0 Å². The van der Waals surface area contributed by atoms with Crippen LogP contribution in [0.15, 0.2) is 24.7 Å². The van der Waals surface area contributed by atoms with Gasteiger partial charge in [-0.25, -0.2) is 4.98 Å². The first kappa shape index (κ1) is 15.8. The molecule has 23 heavy (non-hydrogen) atoms. The molecule has 122 valence electrons. The van der Waals surface area contributed by atoms with Gasteiger partial charge in [-0.15, -0.1) is 0 Å². The lowest BCUT2D eigenvalue weighted by Gasteiger charge is -2.22. The average molecular weight is 335 g/mol. The lowest BCUT2D eigenvalue weighted by atomic mass is 10.1. The number of amides is 1. The van der Waals surface area contributed by atoms with Gasteiger partial charge in [0.05, 0.1) is 18.6 Å². The summed E-state index contributed by atoms with van der Waals surface area (Å²) in [4.78, 5) is 23.0. The SMILES string of the molecule is COCC(=O)N(C)c1cc(Cl)c2c(c1)N(Cc1cnc[nH]1)CC2. The fourth-order valence-electron chi connectivity index (χ4n) is 2.80. The highest BCUT2D eigenvalue weighted by Crippen LogP contribution is 2.38. The van der Waals surface area contributed by atoms with Gasteiger partial charge in [-0.2, -0.15) is 0 Å². The number of imidazole rings is 1. The first-order valence-electron chi connectivity index (χ1n) is 7.40. The molecule has 2 aromatic rings. The molecule has 1 aromatic carbocycles. The zero-order chi connectivity index (χ0) is 16.4. The number of likely N-dealkylation sites (N-methyl/N-ethyl adjacent to an activating group) is 1. The van der Waals surface area contributed by atoms with E-state index in [1.54, 1.807) is 18.3 Å². The Labute approximate surface area is 140 Å². The van der Waals surface area contributed by atoms with Crippen molar-refractivity contribution in [1.82, 2.24) is 9.97 Å². The quantitative estimate of drug-likeness (QED) is 0.911. The van der Waals surface area contributed by atoms with Gasteiger partial charge in [0.25, 0.3) is 5.91 Å². The minimum absolute atomic E-state index is 0.0447. The molecule has 0 bridgehead atoms. The van der Waals surface area contributed by atoms with Crippen LogP contribution in [0.1, 0.15) is 11.3 Å². The number of hydrogen-bond acceptors (Lipinski definition) is 4. The molecule has 0 fully saturated rings. The number of methoxy groups -OCH3 is 1. The van der Waals surface area contributed by atoms with Gasteiger partial charge < -0.3 is 19.5 Å². The van der Waals surface area contributed by atoms with E-state index in [1.807, 2.05) is 18.3 Å². The van der Waals surface area contributed by atoms with E-state index in [2.05, 4.69) is 14.9 Å². The summed E-state index contributed by atoms with van der Waals surface area (Å²) in [7, 11) is 3.24. The molecule has 0 spiro atoms. The van der Waals surface area contributed by atoms with E-state index in [-0.39, 0.29) is 12.5 Å². The summed E-state index contributed by atoms with van der Waals surface area (Å²) in [5.41, 5.74) is 4.01. The second-order valence-corrected chi connectivity index (χ2v) is 5.97. The van der Waals surface area contributed by atoms with E-state index in [1.165, 1.54) is 7.11 Å². The van der Waals surface area contributed by atoms with Crippen molar-refractivity contribution in [2.24, 2.45) is 0 Å². The van der Waals surface area contributed by atoms with Crippen LogP contribution in [-0.4, -0.2) is 43.2 Å². The van der Waals surface area contributed by atoms with Gasteiger partial charge in [-0.05, 0) is 24.1 Å². The first-order chi connectivity index (χ1) is 11.1. The Bertz CT molecular complexity index is 702. The Morgan fingerprint density at radius 2 is 2.35 bits per heavy atom. The minimum Gasteiger partial charge on any atom is -0.375 e. The van der Waals surface area contributed by atoms with Gasteiger partial charge in [0.1, 0.15) is 6.61 Å². The van der Waals surface area contributed by atoms with Gasteiger partial charge in [0, 0.05) is 43.3 Å². The maximum Gasteiger partial charge on any atom is 0.252 e. The molecule has 6 nitrogen and oxygen atoms in total. The number of nitrogens with zero attached hydrogens (tertiary/aromatic N) is 3. The second kappa shape index (κ2) is 6.60. The van der Waals surface area contributed by atoms with Gasteiger partial charge in [0.2, 0.25) is 0 Å². The molecule has 1 aliphatic rings. The van der Waals surface area contributed by atoms with Crippen LogP contribution in [-0.2, 0) is 22.5 Å². The molecule has 0 saturated heterocycles. The molecule has 0 unspecified atom stereocenters. The van der Waals surface area contributed by atoms with Gasteiger partial charge in [-0.3, -0.25) is 4.79 Å². The smallest absolute Gasteiger partial charge is 0.252 e. The highest BCUT2D eigenvalue weighted by atomic mass is 35.5. The zero-order valence-electron chi connectivity index (χ0n) is 13.2. The molecular weight excluding hydrogens is 316 g/mol. The largest absolute Gasteiger partial charge is 0.375 e. The van der Waals surface area contributed by atoms with Crippen molar-refractivity contribution in [3.63, 3.8) is 0 Å². The van der Waals surface area contributed by atoms with Gasteiger partial charge in [-0.1, -0.05) is 11.6 Å². The molecule has 0 radical (unpaired) electrons. The van der Waals surface area contributed by atoms with Gasteiger partial charge >= 0.3 is 0 Å². The second-order valence-electron chi connectivity index (χ2n) is 5.56. The van der Waals surface area contributed by atoms with E-state index in [4.69, 9.17) is 16.3 Å². The average Bonchev–Trinajstić information content (AvgIpc) is 3.18. The van der Waals surface area contributed by atoms with E-state index >= 15 is 0 Å². The minimum atomic E-state index is -0.110. The lowest BCUT2D eigenvalue weighted by Crippen LogP contribution is -2.30. The van der Waals surface area contributed by atoms with E-state index in [0.29, 0.717) is 5.02 Å². The van der Waals surface area contributed by atoms with E-state index in [9.17, 15) is 4.79 Å². The third-order valence-electron chi connectivity index (χ3n) is 4.07. The van der Waals surface area contributed by atoms with Crippen LogP contribution in [0.4, 0.5) is 11.4 Å². The Morgan fingerprint density at radius 1 is 1.52 bits per heavy atom. The van der Waals surface area contributed by atoms with Crippen LogP contribution < -0.4 is 9.80 Å². The molecule has 1 amide bonds. The standard InChI is InChI=1S/C16H19ClN4O2/c1-20(16(22)9-23-2)12-5-14(17)13-3-4-21(15(13)6-12)8-11-7-18-10-19-11/h5-7,10H,3-4,8-9H2,1-2H3,(H,18,19). The van der Waals surface area contributed by atoms with Crippen LogP contribution in [0.5, 0.6) is 0 Å². The predicted molar refractivity (Wildman–Crippen MR) is 90.1 cm³/mol. The maximum absolute atomic E-state index is 12.0. The summed E-state index contributed by atoms with van der Waals surface area (Å²) >= 11 is 6.43. The number of carbonyl (C=O) groups is 1. The van der Waals surface area contributed by atoms with Crippen LogP contribution in [0.2, 0.25) is 5.02 Å². The summed E-state index contributed by atoms with van der Waals surface area (Å²) < 4.78 is 4.91. The van der Waals surface area contributed by atoms with Crippen molar-refractivity contribution in [3.05, 3.63) is 40.9 Å². The molecule has 7 heteroatoms.